The summed E-state index contributed by atoms with van der Waals surface area (Å²) in [5, 5.41) is 0. The fourth-order valence-electron chi connectivity index (χ4n) is 1.46. The van der Waals surface area contributed by atoms with E-state index in [1.807, 2.05) is 18.4 Å². The predicted octanol–water partition coefficient (Wildman–Crippen LogP) is 1.86. The summed E-state index contributed by atoms with van der Waals surface area (Å²) in [6.07, 6.45) is 2.70. The topological polar surface area (TPSA) is 53.7 Å². The van der Waals surface area contributed by atoms with Gasteiger partial charge in [0.05, 0.1) is 25.7 Å². The Morgan fingerprint density at radius 1 is 1.19 bits per heavy atom. The molecule has 0 spiro atoms. The molecule has 0 radical (unpaired) electrons. The second kappa shape index (κ2) is 6.62. The van der Waals surface area contributed by atoms with Crippen LogP contribution in [-0.4, -0.2) is 27.1 Å². The summed E-state index contributed by atoms with van der Waals surface area (Å²) in [5.74, 6) is 6.70. The number of ether oxygens (including phenoxy) is 2. The third-order valence-corrected chi connectivity index (χ3v) is 3.03. The molecule has 1 rings (SSSR count). The molecule has 0 atom stereocenters. The Labute approximate surface area is 100 Å². The van der Waals surface area contributed by atoms with Gasteiger partial charge in [-0.25, -0.2) is 5.90 Å². The molecule has 1 aromatic carbocycles. The van der Waals surface area contributed by atoms with E-state index in [9.17, 15) is 0 Å². The maximum atomic E-state index is 5.32. The Morgan fingerprint density at radius 3 is 2.38 bits per heavy atom. The largest absolute Gasteiger partial charge is 0.496 e. The van der Waals surface area contributed by atoms with Crippen molar-refractivity contribution in [2.24, 2.45) is 5.90 Å². The van der Waals surface area contributed by atoms with Gasteiger partial charge in [0.15, 0.2) is 0 Å². The molecule has 0 bridgehead atoms. The lowest BCUT2D eigenvalue weighted by atomic mass is 10.1. The van der Waals surface area contributed by atoms with Gasteiger partial charge in [0.25, 0.3) is 0 Å². The first-order chi connectivity index (χ1) is 7.76. The van der Waals surface area contributed by atoms with Crippen LogP contribution >= 0.6 is 11.8 Å². The lowest BCUT2D eigenvalue weighted by Gasteiger charge is -2.13. The van der Waals surface area contributed by atoms with Gasteiger partial charge >= 0.3 is 0 Å². The van der Waals surface area contributed by atoms with E-state index in [0.29, 0.717) is 13.0 Å². The van der Waals surface area contributed by atoms with Crippen molar-refractivity contribution in [3.63, 3.8) is 0 Å². The number of benzene rings is 1. The van der Waals surface area contributed by atoms with Gasteiger partial charge in [0, 0.05) is 12.0 Å². The van der Waals surface area contributed by atoms with Crippen LogP contribution in [0.3, 0.4) is 0 Å². The van der Waals surface area contributed by atoms with E-state index in [2.05, 4.69) is 4.84 Å². The van der Waals surface area contributed by atoms with Crippen LogP contribution in [0.4, 0.5) is 0 Å². The van der Waals surface area contributed by atoms with Gasteiger partial charge in [-0.1, -0.05) is 0 Å². The number of hydrogen-bond donors (Lipinski definition) is 1. The summed E-state index contributed by atoms with van der Waals surface area (Å²) < 4.78 is 10.6. The van der Waals surface area contributed by atoms with Gasteiger partial charge in [-0.05, 0) is 18.4 Å². The van der Waals surface area contributed by atoms with Crippen LogP contribution in [0, 0.1) is 0 Å². The van der Waals surface area contributed by atoms with Crippen molar-refractivity contribution < 1.29 is 14.3 Å². The number of hydrogen-bond acceptors (Lipinski definition) is 5. The minimum Gasteiger partial charge on any atom is -0.496 e. The predicted molar refractivity (Wildman–Crippen MR) is 65.2 cm³/mol. The zero-order valence-electron chi connectivity index (χ0n) is 9.78. The summed E-state index contributed by atoms with van der Waals surface area (Å²) in [4.78, 5) is 5.63. The molecule has 0 heterocycles. The molecule has 0 fully saturated rings. The highest BCUT2D eigenvalue weighted by molar-refractivity contribution is 7.98. The Hall–Kier alpha value is -0.910. The molecule has 0 aliphatic carbocycles. The molecule has 0 aliphatic rings. The number of nitrogens with two attached hydrogens (primary N) is 1. The number of thioether (sulfide) groups is 1. The summed E-state index contributed by atoms with van der Waals surface area (Å²) in [6.45, 7) is 0.456. The summed E-state index contributed by atoms with van der Waals surface area (Å²) in [7, 11) is 3.31. The summed E-state index contributed by atoms with van der Waals surface area (Å²) in [6, 6.07) is 3.93. The second-order valence-electron chi connectivity index (χ2n) is 3.14. The van der Waals surface area contributed by atoms with E-state index in [1.165, 1.54) is 0 Å². The average Bonchev–Trinajstić information content (AvgIpc) is 2.35. The van der Waals surface area contributed by atoms with Crippen molar-refractivity contribution in [2.75, 3.05) is 27.1 Å². The molecule has 0 aromatic heterocycles. The third kappa shape index (κ3) is 3.04. The zero-order valence-corrected chi connectivity index (χ0v) is 10.6. The molecular formula is C11H17NO3S. The molecule has 4 nitrogen and oxygen atoms in total. The molecule has 2 N–H and O–H groups in total. The highest BCUT2D eigenvalue weighted by Gasteiger charge is 2.10. The van der Waals surface area contributed by atoms with Crippen LogP contribution in [0.5, 0.6) is 11.5 Å². The fourth-order valence-corrected chi connectivity index (χ4v) is 2.03. The van der Waals surface area contributed by atoms with Crippen LogP contribution in [0.15, 0.2) is 17.0 Å². The van der Waals surface area contributed by atoms with E-state index >= 15 is 0 Å². The molecule has 16 heavy (non-hydrogen) atoms. The van der Waals surface area contributed by atoms with Gasteiger partial charge < -0.3 is 14.3 Å². The summed E-state index contributed by atoms with van der Waals surface area (Å²) >= 11 is 1.62. The van der Waals surface area contributed by atoms with Gasteiger partial charge in [0.1, 0.15) is 11.5 Å². The highest BCUT2D eigenvalue weighted by atomic mass is 32.2. The van der Waals surface area contributed by atoms with Crippen LogP contribution < -0.4 is 15.4 Å². The molecule has 90 valence electrons. The highest BCUT2D eigenvalue weighted by Crippen LogP contribution is 2.34. The lowest BCUT2D eigenvalue weighted by Crippen LogP contribution is -2.05. The van der Waals surface area contributed by atoms with Crippen molar-refractivity contribution in [1.29, 1.82) is 0 Å². The Kier molecular flexibility index (Phi) is 5.45. The Balaban J connectivity index is 3.05. The SMILES string of the molecule is COc1cc(SC)c(OC)cc1CCON. The smallest absolute Gasteiger partial charge is 0.132 e. The van der Waals surface area contributed by atoms with Gasteiger partial charge in [-0.3, -0.25) is 0 Å². The van der Waals surface area contributed by atoms with Crippen LogP contribution in [0.25, 0.3) is 0 Å². The molecule has 1 aromatic rings. The first-order valence-corrected chi connectivity index (χ1v) is 6.09. The van der Waals surface area contributed by atoms with Gasteiger partial charge in [-0.15, -0.1) is 11.8 Å². The molecule has 0 unspecified atom stereocenters. The lowest BCUT2D eigenvalue weighted by molar-refractivity contribution is 0.140. The zero-order chi connectivity index (χ0) is 12.0. The van der Waals surface area contributed by atoms with Crippen LogP contribution in [0.1, 0.15) is 5.56 Å². The molecular weight excluding hydrogens is 226 g/mol. The first-order valence-electron chi connectivity index (χ1n) is 4.87. The quantitative estimate of drug-likeness (QED) is 0.610. The third-order valence-electron chi connectivity index (χ3n) is 2.28. The monoisotopic (exact) mass is 243 g/mol. The number of rotatable bonds is 6. The standard InChI is InChI=1S/C11H17NO3S/c1-13-9-7-11(16-3)10(14-2)6-8(9)4-5-15-12/h6-7H,4-5,12H2,1-3H3. The van der Waals surface area contributed by atoms with Gasteiger partial charge in [0.2, 0.25) is 0 Å². The van der Waals surface area contributed by atoms with Crippen molar-refractivity contribution in [1.82, 2.24) is 0 Å². The Morgan fingerprint density at radius 2 is 1.88 bits per heavy atom. The maximum absolute atomic E-state index is 5.32. The Bertz CT molecular complexity index is 344. The van der Waals surface area contributed by atoms with Crippen molar-refractivity contribution in [3.8, 4) is 11.5 Å². The van der Waals surface area contributed by atoms with Crippen molar-refractivity contribution >= 4 is 11.8 Å². The molecule has 0 aliphatic heterocycles. The minimum absolute atomic E-state index is 0.456. The van der Waals surface area contributed by atoms with Crippen LogP contribution in [0.2, 0.25) is 0 Å². The van der Waals surface area contributed by atoms with Crippen LogP contribution in [-0.2, 0) is 11.3 Å². The van der Waals surface area contributed by atoms with Crippen molar-refractivity contribution in [2.45, 2.75) is 11.3 Å². The van der Waals surface area contributed by atoms with E-state index in [-0.39, 0.29) is 0 Å². The molecule has 0 amide bonds. The van der Waals surface area contributed by atoms with E-state index in [0.717, 1.165) is 22.0 Å². The van der Waals surface area contributed by atoms with E-state index in [4.69, 9.17) is 15.4 Å². The second-order valence-corrected chi connectivity index (χ2v) is 3.99. The van der Waals surface area contributed by atoms with Gasteiger partial charge in [-0.2, -0.15) is 0 Å². The molecule has 0 saturated carbocycles. The number of methoxy groups -OCH3 is 2. The normalized spacial score (nSPS) is 10.2. The van der Waals surface area contributed by atoms with Crippen molar-refractivity contribution in [3.05, 3.63) is 17.7 Å². The maximum Gasteiger partial charge on any atom is 0.132 e. The first kappa shape index (κ1) is 13.2. The molecule has 5 heteroatoms. The van der Waals surface area contributed by atoms with E-state index in [1.54, 1.807) is 26.0 Å². The average molecular weight is 243 g/mol. The minimum atomic E-state index is 0.456. The van der Waals surface area contributed by atoms with E-state index < -0.39 is 0 Å². The fraction of sp³-hybridized carbons (Fsp3) is 0.455. The molecule has 0 saturated heterocycles. The summed E-state index contributed by atoms with van der Waals surface area (Å²) in [5.41, 5.74) is 1.03.